The highest BCUT2D eigenvalue weighted by Gasteiger charge is 2.35. The molecule has 38 heavy (non-hydrogen) atoms. The second kappa shape index (κ2) is 12.4. The van der Waals surface area contributed by atoms with Gasteiger partial charge in [-0.15, -0.1) is 0 Å². The molecule has 3 amide bonds. The van der Waals surface area contributed by atoms with E-state index in [2.05, 4.69) is 5.32 Å². The van der Waals surface area contributed by atoms with E-state index in [1.165, 1.54) is 0 Å². The minimum atomic E-state index is -0.419. The second-order valence-electron chi connectivity index (χ2n) is 8.35. The number of halogens is 2. The van der Waals surface area contributed by atoms with Gasteiger partial charge in [-0.25, -0.2) is 0 Å². The average molecular weight is 571 g/mol. The third kappa shape index (κ3) is 6.89. The number of imide groups is 1. The van der Waals surface area contributed by atoms with E-state index in [9.17, 15) is 14.4 Å². The zero-order valence-corrected chi connectivity index (χ0v) is 23.0. The van der Waals surface area contributed by atoms with Crippen molar-refractivity contribution < 1.29 is 23.9 Å². The predicted molar refractivity (Wildman–Crippen MR) is 151 cm³/mol. The molecule has 1 aliphatic rings. The summed E-state index contributed by atoms with van der Waals surface area (Å²) in [5, 5.41) is 3.25. The van der Waals surface area contributed by atoms with Crippen molar-refractivity contribution in [2.45, 2.75) is 20.4 Å². The van der Waals surface area contributed by atoms with Crippen LogP contribution in [0.25, 0.3) is 6.08 Å². The van der Waals surface area contributed by atoms with E-state index >= 15 is 0 Å². The molecule has 0 radical (unpaired) electrons. The van der Waals surface area contributed by atoms with Gasteiger partial charge in [0.1, 0.15) is 0 Å². The Kier molecular flexibility index (Phi) is 8.99. The lowest BCUT2D eigenvalue weighted by Crippen LogP contribution is -2.27. The third-order valence-electron chi connectivity index (χ3n) is 5.44. The molecule has 196 valence electrons. The minimum Gasteiger partial charge on any atom is -0.490 e. The maximum absolute atomic E-state index is 13.0. The Labute approximate surface area is 234 Å². The summed E-state index contributed by atoms with van der Waals surface area (Å²) in [5.41, 5.74) is 2.97. The molecular weight excluding hydrogens is 547 g/mol. The zero-order chi connectivity index (χ0) is 27.2. The first-order chi connectivity index (χ1) is 18.2. The molecule has 0 atom stereocenters. The van der Waals surface area contributed by atoms with E-state index in [0.717, 1.165) is 22.2 Å². The SMILES string of the molecule is CCOc1cc(/C=C2/SC(=O)N(Cc3ccc(Cl)cc3Cl)C2=O)ccc1OCC(=O)Nc1cccc(C)c1. The molecule has 7 nitrogen and oxygen atoms in total. The predicted octanol–water partition coefficient (Wildman–Crippen LogP) is 6.95. The molecule has 1 saturated heterocycles. The Morgan fingerprint density at radius 3 is 2.58 bits per heavy atom. The van der Waals surface area contributed by atoms with E-state index in [4.69, 9.17) is 32.7 Å². The van der Waals surface area contributed by atoms with Gasteiger partial charge in [-0.1, -0.05) is 47.5 Å². The van der Waals surface area contributed by atoms with Crippen LogP contribution in [0.2, 0.25) is 10.0 Å². The maximum Gasteiger partial charge on any atom is 0.293 e. The van der Waals surface area contributed by atoms with Crippen LogP contribution in [-0.4, -0.2) is 35.2 Å². The van der Waals surface area contributed by atoms with Crippen molar-refractivity contribution in [3.05, 3.63) is 92.3 Å². The van der Waals surface area contributed by atoms with Gasteiger partial charge in [0.2, 0.25) is 0 Å². The number of rotatable bonds is 9. The number of hydrogen-bond donors (Lipinski definition) is 1. The lowest BCUT2D eigenvalue weighted by atomic mass is 10.1. The van der Waals surface area contributed by atoms with Gasteiger partial charge in [0.15, 0.2) is 18.1 Å². The Morgan fingerprint density at radius 2 is 1.84 bits per heavy atom. The number of carbonyl (C=O) groups is 3. The fourth-order valence-corrected chi connectivity index (χ4v) is 4.98. The van der Waals surface area contributed by atoms with Crippen molar-refractivity contribution >= 4 is 63.8 Å². The van der Waals surface area contributed by atoms with Crippen molar-refractivity contribution in [2.75, 3.05) is 18.5 Å². The number of anilines is 1. The largest absolute Gasteiger partial charge is 0.490 e. The summed E-state index contributed by atoms with van der Waals surface area (Å²) in [6.45, 7) is 3.97. The zero-order valence-electron chi connectivity index (χ0n) is 20.6. The number of nitrogens with zero attached hydrogens (tertiary/aromatic N) is 1. The van der Waals surface area contributed by atoms with Crippen molar-refractivity contribution in [1.29, 1.82) is 0 Å². The van der Waals surface area contributed by atoms with Crippen LogP contribution in [-0.2, 0) is 16.1 Å². The molecule has 0 aromatic heterocycles. The van der Waals surface area contributed by atoms with Gasteiger partial charge in [0, 0.05) is 15.7 Å². The molecule has 1 aliphatic heterocycles. The van der Waals surface area contributed by atoms with E-state index in [1.807, 2.05) is 32.0 Å². The van der Waals surface area contributed by atoms with Gasteiger partial charge in [0.05, 0.1) is 18.1 Å². The van der Waals surface area contributed by atoms with Crippen LogP contribution in [0.1, 0.15) is 23.6 Å². The van der Waals surface area contributed by atoms with Crippen LogP contribution in [0, 0.1) is 6.92 Å². The average Bonchev–Trinajstić information content (AvgIpc) is 3.12. The minimum absolute atomic E-state index is 0.0413. The molecular formula is C28H24Cl2N2O5S. The molecule has 0 aliphatic carbocycles. The normalized spacial score (nSPS) is 14.2. The molecule has 0 saturated carbocycles. The van der Waals surface area contributed by atoms with Gasteiger partial charge >= 0.3 is 0 Å². The number of ether oxygens (including phenoxy) is 2. The molecule has 1 heterocycles. The van der Waals surface area contributed by atoms with Crippen molar-refractivity contribution in [2.24, 2.45) is 0 Å². The maximum atomic E-state index is 13.0. The van der Waals surface area contributed by atoms with Crippen LogP contribution < -0.4 is 14.8 Å². The number of amides is 3. The van der Waals surface area contributed by atoms with Gasteiger partial charge < -0.3 is 14.8 Å². The number of nitrogens with one attached hydrogen (secondary N) is 1. The van der Waals surface area contributed by atoms with Crippen molar-refractivity contribution in [3.8, 4) is 11.5 Å². The highest BCUT2D eigenvalue weighted by Crippen LogP contribution is 2.36. The van der Waals surface area contributed by atoms with Crippen LogP contribution in [0.15, 0.2) is 65.6 Å². The standard InChI is InChI=1S/C28H24Cl2N2O5S/c1-3-36-24-12-18(7-10-23(24)37-16-26(33)31-21-6-4-5-17(2)11-21)13-25-27(34)32(28(35)38-25)15-19-8-9-20(29)14-22(19)30/h4-14H,3,15-16H2,1-2H3,(H,31,33)/b25-13+. The molecule has 3 aromatic rings. The number of hydrogen-bond acceptors (Lipinski definition) is 6. The Bertz CT molecular complexity index is 1430. The lowest BCUT2D eigenvalue weighted by molar-refractivity contribution is -0.123. The number of benzene rings is 3. The summed E-state index contributed by atoms with van der Waals surface area (Å²) in [6, 6.07) is 17.5. The fourth-order valence-electron chi connectivity index (χ4n) is 3.67. The summed E-state index contributed by atoms with van der Waals surface area (Å²) in [4.78, 5) is 39.3. The van der Waals surface area contributed by atoms with Crippen LogP contribution in [0.5, 0.6) is 11.5 Å². The summed E-state index contributed by atoms with van der Waals surface area (Å²) in [7, 11) is 0. The van der Waals surface area contributed by atoms with Crippen molar-refractivity contribution in [3.63, 3.8) is 0 Å². The molecule has 3 aromatic carbocycles. The summed E-state index contributed by atoms with van der Waals surface area (Å²) >= 11 is 13.0. The van der Waals surface area contributed by atoms with Gasteiger partial charge in [-0.05, 0) is 84.8 Å². The number of aryl methyl sites for hydroxylation is 1. The molecule has 1 fully saturated rings. The van der Waals surface area contributed by atoms with E-state index in [0.29, 0.717) is 45.0 Å². The molecule has 0 unspecified atom stereocenters. The quantitative estimate of drug-likeness (QED) is 0.280. The van der Waals surface area contributed by atoms with Gasteiger partial charge in [0.25, 0.3) is 17.1 Å². The van der Waals surface area contributed by atoms with Gasteiger partial charge in [-0.3, -0.25) is 19.3 Å². The monoisotopic (exact) mass is 570 g/mol. The van der Waals surface area contributed by atoms with Crippen LogP contribution in [0.4, 0.5) is 10.5 Å². The molecule has 4 rings (SSSR count). The van der Waals surface area contributed by atoms with Gasteiger partial charge in [-0.2, -0.15) is 0 Å². The topological polar surface area (TPSA) is 84.9 Å². The Hall–Kier alpha value is -3.46. The summed E-state index contributed by atoms with van der Waals surface area (Å²) in [5.74, 6) is 0.0689. The van der Waals surface area contributed by atoms with Crippen LogP contribution >= 0.6 is 35.0 Å². The Morgan fingerprint density at radius 1 is 1.03 bits per heavy atom. The lowest BCUT2D eigenvalue weighted by Gasteiger charge is -2.14. The first kappa shape index (κ1) is 27.6. The first-order valence-electron chi connectivity index (χ1n) is 11.7. The number of carbonyl (C=O) groups excluding carboxylic acids is 3. The van der Waals surface area contributed by atoms with E-state index in [1.54, 1.807) is 48.5 Å². The third-order valence-corrected chi connectivity index (χ3v) is 6.94. The van der Waals surface area contributed by atoms with E-state index < -0.39 is 11.1 Å². The first-order valence-corrected chi connectivity index (χ1v) is 13.3. The van der Waals surface area contributed by atoms with E-state index in [-0.39, 0.29) is 24.0 Å². The summed E-state index contributed by atoms with van der Waals surface area (Å²) < 4.78 is 11.4. The molecule has 0 bridgehead atoms. The highest BCUT2D eigenvalue weighted by molar-refractivity contribution is 8.18. The second-order valence-corrected chi connectivity index (χ2v) is 10.2. The molecule has 10 heteroatoms. The number of thioether (sulfide) groups is 1. The molecule has 0 spiro atoms. The Balaban J connectivity index is 1.45. The van der Waals surface area contributed by atoms with Crippen LogP contribution in [0.3, 0.4) is 0 Å². The highest BCUT2D eigenvalue weighted by atomic mass is 35.5. The van der Waals surface area contributed by atoms with Crippen molar-refractivity contribution in [1.82, 2.24) is 4.90 Å². The smallest absolute Gasteiger partial charge is 0.293 e. The molecule has 1 N–H and O–H groups in total. The fraction of sp³-hybridized carbons (Fsp3) is 0.179. The summed E-state index contributed by atoms with van der Waals surface area (Å²) in [6.07, 6.45) is 1.62.